The van der Waals surface area contributed by atoms with Crippen molar-refractivity contribution in [1.82, 2.24) is 4.98 Å². The standard InChI is InChI=1S/C23H24Cl2N2O4S2/c1-30-18-4-5-21(31-2)15(12-18)11-17-14-32-23(26-17)27-9-7-19(8-10-27)33(28,29)22-6-3-16(24)13-20(22)25/h3-6,12-14,19H,7-11H2,1-2H3. The first kappa shape index (κ1) is 24.1. The van der Waals surface area contributed by atoms with Crippen LogP contribution in [0.1, 0.15) is 24.1 Å². The number of rotatable bonds is 7. The summed E-state index contributed by atoms with van der Waals surface area (Å²) < 4.78 is 37.0. The van der Waals surface area contributed by atoms with Gasteiger partial charge in [-0.05, 0) is 49.2 Å². The molecule has 0 N–H and O–H groups in total. The third kappa shape index (κ3) is 5.24. The molecule has 0 unspecified atom stereocenters. The summed E-state index contributed by atoms with van der Waals surface area (Å²) in [7, 11) is -0.243. The second-order valence-corrected chi connectivity index (χ2v) is 11.7. The Morgan fingerprint density at radius 3 is 2.52 bits per heavy atom. The van der Waals surface area contributed by atoms with Gasteiger partial charge in [-0.2, -0.15) is 0 Å². The first-order chi connectivity index (χ1) is 15.8. The number of sulfone groups is 1. The van der Waals surface area contributed by atoms with Crippen molar-refractivity contribution >= 4 is 49.5 Å². The molecule has 0 bridgehead atoms. The Balaban J connectivity index is 1.43. The molecule has 0 saturated carbocycles. The van der Waals surface area contributed by atoms with E-state index in [1.165, 1.54) is 12.1 Å². The highest BCUT2D eigenvalue weighted by Crippen LogP contribution is 2.34. The van der Waals surface area contributed by atoms with Crippen molar-refractivity contribution in [3.05, 3.63) is 63.1 Å². The second kappa shape index (κ2) is 10.1. The van der Waals surface area contributed by atoms with Crippen molar-refractivity contribution in [3.63, 3.8) is 0 Å². The van der Waals surface area contributed by atoms with E-state index in [0.29, 0.717) is 37.4 Å². The van der Waals surface area contributed by atoms with E-state index in [1.807, 2.05) is 23.6 Å². The Hall–Kier alpha value is -2.00. The fraction of sp³-hybridized carbons (Fsp3) is 0.348. The van der Waals surface area contributed by atoms with Gasteiger partial charge in [0.2, 0.25) is 0 Å². The van der Waals surface area contributed by atoms with Gasteiger partial charge in [0.05, 0.1) is 35.1 Å². The van der Waals surface area contributed by atoms with Gasteiger partial charge < -0.3 is 14.4 Å². The van der Waals surface area contributed by atoms with Crippen LogP contribution in [0.3, 0.4) is 0 Å². The number of nitrogens with zero attached hydrogens (tertiary/aromatic N) is 2. The molecule has 0 spiro atoms. The number of aromatic nitrogens is 1. The van der Waals surface area contributed by atoms with E-state index in [2.05, 4.69) is 4.90 Å². The summed E-state index contributed by atoms with van der Waals surface area (Å²) in [6.45, 7) is 1.23. The van der Waals surface area contributed by atoms with Crippen molar-refractivity contribution in [2.24, 2.45) is 0 Å². The summed E-state index contributed by atoms with van der Waals surface area (Å²) in [6, 6.07) is 10.2. The average molecular weight is 527 g/mol. The van der Waals surface area contributed by atoms with Gasteiger partial charge in [-0.1, -0.05) is 23.2 Å². The fourth-order valence-corrected chi connectivity index (χ4v) is 7.37. The summed E-state index contributed by atoms with van der Waals surface area (Å²) in [5, 5.41) is 3.03. The van der Waals surface area contributed by atoms with Gasteiger partial charge in [0, 0.05) is 35.5 Å². The van der Waals surface area contributed by atoms with E-state index in [0.717, 1.165) is 27.9 Å². The molecule has 1 saturated heterocycles. The Bertz CT molecular complexity index is 1240. The molecule has 6 nitrogen and oxygen atoms in total. The van der Waals surface area contributed by atoms with Gasteiger partial charge in [0.1, 0.15) is 11.5 Å². The smallest absolute Gasteiger partial charge is 0.185 e. The molecule has 1 aromatic heterocycles. The predicted octanol–water partition coefficient (Wildman–Crippen LogP) is 5.50. The number of benzene rings is 2. The van der Waals surface area contributed by atoms with Crippen LogP contribution in [0.15, 0.2) is 46.7 Å². The largest absolute Gasteiger partial charge is 0.497 e. The SMILES string of the molecule is COc1ccc(OC)c(Cc2csc(N3CCC(S(=O)(=O)c4ccc(Cl)cc4Cl)CC3)n2)c1. The topological polar surface area (TPSA) is 68.7 Å². The number of hydrogen-bond acceptors (Lipinski definition) is 7. The Kier molecular flexibility index (Phi) is 7.38. The van der Waals surface area contributed by atoms with Crippen molar-refractivity contribution in [2.45, 2.75) is 29.4 Å². The third-order valence-corrected chi connectivity index (χ3v) is 9.68. The first-order valence-electron chi connectivity index (χ1n) is 10.4. The lowest BCUT2D eigenvalue weighted by atomic mass is 10.1. The molecule has 4 rings (SSSR count). The van der Waals surface area contributed by atoms with Gasteiger partial charge in [-0.15, -0.1) is 11.3 Å². The van der Waals surface area contributed by atoms with Gasteiger partial charge in [-0.25, -0.2) is 13.4 Å². The van der Waals surface area contributed by atoms with E-state index >= 15 is 0 Å². The maximum Gasteiger partial charge on any atom is 0.185 e. The zero-order valence-electron chi connectivity index (χ0n) is 18.3. The van der Waals surface area contributed by atoms with Gasteiger partial charge in [0.15, 0.2) is 15.0 Å². The molecule has 33 heavy (non-hydrogen) atoms. The molecule has 1 aliphatic heterocycles. The fourth-order valence-electron chi connectivity index (χ4n) is 3.98. The van der Waals surface area contributed by atoms with Gasteiger partial charge in [-0.3, -0.25) is 0 Å². The molecule has 1 aliphatic rings. The molecule has 2 aromatic carbocycles. The molecule has 2 heterocycles. The maximum absolute atomic E-state index is 13.1. The summed E-state index contributed by atoms with van der Waals surface area (Å²) in [5.41, 5.74) is 1.93. The van der Waals surface area contributed by atoms with Crippen LogP contribution in [0.2, 0.25) is 10.0 Å². The number of ether oxygens (including phenoxy) is 2. The zero-order valence-corrected chi connectivity index (χ0v) is 21.4. The van der Waals surface area contributed by atoms with Crippen LogP contribution < -0.4 is 14.4 Å². The highest BCUT2D eigenvalue weighted by Gasteiger charge is 2.33. The molecule has 1 fully saturated rings. The number of anilines is 1. The summed E-state index contributed by atoms with van der Waals surface area (Å²) in [4.78, 5) is 7.09. The number of halogens is 2. The second-order valence-electron chi connectivity index (χ2n) is 7.78. The minimum Gasteiger partial charge on any atom is -0.497 e. The highest BCUT2D eigenvalue weighted by molar-refractivity contribution is 7.92. The Morgan fingerprint density at radius 2 is 1.85 bits per heavy atom. The Morgan fingerprint density at radius 1 is 1.09 bits per heavy atom. The van der Waals surface area contributed by atoms with Crippen molar-refractivity contribution in [2.75, 3.05) is 32.2 Å². The lowest BCUT2D eigenvalue weighted by Gasteiger charge is -2.31. The average Bonchev–Trinajstić information content (AvgIpc) is 3.27. The minimum atomic E-state index is -3.52. The molecule has 3 aromatic rings. The molecule has 0 radical (unpaired) electrons. The summed E-state index contributed by atoms with van der Waals surface area (Å²) in [6.07, 6.45) is 1.65. The first-order valence-corrected chi connectivity index (χ1v) is 13.6. The van der Waals surface area contributed by atoms with E-state index < -0.39 is 15.1 Å². The third-order valence-electron chi connectivity index (χ3n) is 5.75. The molecule has 0 amide bonds. The van der Waals surface area contributed by atoms with Crippen molar-refractivity contribution in [3.8, 4) is 11.5 Å². The van der Waals surface area contributed by atoms with E-state index in [1.54, 1.807) is 31.6 Å². The van der Waals surface area contributed by atoms with Gasteiger partial charge in [0.25, 0.3) is 0 Å². The number of thiazole rings is 1. The molecular formula is C23H24Cl2N2O4S2. The molecular weight excluding hydrogens is 503 g/mol. The number of methoxy groups -OCH3 is 2. The number of piperidine rings is 1. The van der Waals surface area contributed by atoms with Gasteiger partial charge >= 0.3 is 0 Å². The van der Waals surface area contributed by atoms with Crippen LogP contribution in [0.4, 0.5) is 5.13 Å². The molecule has 10 heteroatoms. The van der Waals surface area contributed by atoms with Crippen LogP contribution in [0.5, 0.6) is 11.5 Å². The van der Waals surface area contributed by atoms with Crippen molar-refractivity contribution in [1.29, 1.82) is 0 Å². The minimum absolute atomic E-state index is 0.149. The monoisotopic (exact) mass is 526 g/mol. The highest BCUT2D eigenvalue weighted by atomic mass is 35.5. The van der Waals surface area contributed by atoms with Crippen molar-refractivity contribution < 1.29 is 17.9 Å². The van der Waals surface area contributed by atoms with E-state index in [9.17, 15) is 8.42 Å². The van der Waals surface area contributed by atoms with Crippen LogP contribution in [-0.2, 0) is 16.3 Å². The zero-order chi connectivity index (χ0) is 23.6. The van der Waals surface area contributed by atoms with Crippen LogP contribution in [-0.4, -0.2) is 46.0 Å². The van der Waals surface area contributed by atoms with E-state index in [-0.39, 0.29) is 9.92 Å². The predicted molar refractivity (Wildman–Crippen MR) is 133 cm³/mol. The number of hydrogen-bond donors (Lipinski definition) is 0. The Labute approximate surface area is 208 Å². The summed E-state index contributed by atoms with van der Waals surface area (Å²) >= 11 is 13.7. The van der Waals surface area contributed by atoms with Crippen LogP contribution >= 0.6 is 34.5 Å². The lowest BCUT2D eigenvalue weighted by molar-refractivity contribution is 0.399. The maximum atomic E-state index is 13.1. The van der Waals surface area contributed by atoms with E-state index in [4.69, 9.17) is 37.7 Å². The van der Waals surface area contributed by atoms with Crippen LogP contribution in [0.25, 0.3) is 0 Å². The lowest BCUT2D eigenvalue weighted by Crippen LogP contribution is -2.39. The molecule has 176 valence electrons. The molecule has 0 atom stereocenters. The summed E-state index contributed by atoms with van der Waals surface area (Å²) in [5.74, 6) is 1.56. The van der Waals surface area contributed by atoms with Crippen LogP contribution in [0, 0.1) is 0 Å². The quantitative estimate of drug-likeness (QED) is 0.404. The molecule has 0 aliphatic carbocycles. The normalized spacial score (nSPS) is 15.0.